The maximum absolute atomic E-state index is 12.1. The molecule has 1 saturated carbocycles. The van der Waals surface area contributed by atoms with E-state index in [0.29, 0.717) is 18.9 Å². The van der Waals surface area contributed by atoms with Crippen LogP contribution in [0.3, 0.4) is 0 Å². The topological polar surface area (TPSA) is 92.9 Å². The molecule has 0 aromatic rings. The third kappa shape index (κ3) is 2.81. The Kier molecular flexibility index (Phi) is 3.87. The van der Waals surface area contributed by atoms with E-state index < -0.39 is 12.0 Å². The van der Waals surface area contributed by atoms with E-state index in [1.54, 1.807) is 0 Å². The van der Waals surface area contributed by atoms with Gasteiger partial charge < -0.3 is 20.5 Å². The van der Waals surface area contributed by atoms with Crippen LogP contribution in [0.5, 0.6) is 0 Å². The molecule has 3 unspecified atom stereocenters. The number of carbonyl (C=O) groups is 2. The summed E-state index contributed by atoms with van der Waals surface area (Å²) in [6.45, 7) is 0.351. The lowest BCUT2D eigenvalue weighted by molar-refractivity contribution is -0.148. The first-order chi connectivity index (χ1) is 8.52. The van der Waals surface area contributed by atoms with E-state index in [1.807, 2.05) is 0 Å². The van der Waals surface area contributed by atoms with Crippen molar-refractivity contribution in [2.45, 2.75) is 43.9 Å². The molecule has 2 aliphatic rings. The average Bonchev–Trinajstić information content (AvgIpc) is 3.07. The number of nitrogens with two attached hydrogens (primary N) is 1. The molecule has 3 N–H and O–H groups in total. The van der Waals surface area contributed by atoms with Crippen LogP contribution in [0.15, 0.2) is 0 Å². The number of nitrogens with zero attached hydrogens (tertiary/aromatic N) is 1. The minimum Gasteiger partial charge on any atom is -0.480 e. The van der Waals surface area contributed by atoms with Gasteiger partial charge in [0, 0.05) is 32.5 Å². The number of carboxylic acids is 1. The van der Waals surface area contributed by atoms with Crippen LogP contribution in [-0.2, 0) is 14.3 Å². The largest absolute Gasteiger partial charge is 0.480 e. The summed E-state index contributed by atoms with van der Waals surface area (Å²) in [6.07, 6.45) is 2.57. The molecule has 1 heterocycles. The third-order valence-electron chi connectivity index (χ3n) is 3.84. The molecule has 0 aromatic heterocycles. The Morgan fingerprint density at radius 2 is 2.17 bits per heavy atom. The summed E-state index contributed by atoms with van der Waals surface area (Å²) in [5.41, 5.74) is 5.91. The zero-order chi connectivity index (χ0) is 13.3. The number of carboxylic acid groups (broad SMARTS) is 1. The normalized spacial score (nSPS) is 29.3. The van der Waals surface area contributed by atoms with Gasteiger partial charge >= 0.3 is 5.97 Å². The van der Waals surface area contributed by atoms with Gasteiger partial charge in [0.25, 0.3) is 0 Å². The van der Waals surface area contributed by atoms with Crippen LogP contribution in [0, 0.1) is 5.92 Å². The van der Waals surface area contributed by atoms with E-state index in [2.05, 4.69) is 0 Å². The molecule has 3 atom stereocenters. The van der Waals surface area contributed by atoms with Gasteiger partial charge in [-0.1, -0.05) is 0 Å². The van der Waals surface area contributed by atoms with Crippen LogP contribution in [-0.4, -0.2) is 53.7 Å². The monoisotopic (exact) mass is 256 g/mol. The van der Waals surface area contributed by atoms with Crippen LogP contribution in [0.25, 0.3) is 0 Å². The van der Waals surface area contributed by atoms with Gasteiger partial charge in [0.1, 0.15) is 6.04 Å². The van der Waals surface area contributed by atoms with E-state index >= 15 is 0 Å². The Labute approximate surface area is 106 Å². The van der Waals surface area contributed by atoms with Gasteiger partial charge in [-0.15, -0.1) is 0 Å². The van der Waals surface area contributed by atoms with Gasteiger partial charge in [-0.3, -0.25) is 4.79 Å². The van der Waals surface area contributed by atoms with Crippen molar-refractivity contribution in [2.75, 3.05) is 13.7 Å². The van der Waals surface area contributed by atoms with E-state index in [1.165, 1.54) is 12.0 Å². The van der Waals surface area contributed by atoms with Crippen LogP contribution in [0.1, 0.15) is 25.7 Å². The number of methoxy groups -OCH3 is 1. The second-order valence-electron chi connectivity index (χ2n) is 5.20. The van der Waals surface area contributed by atoms with Crippen LogP contribution >= 0.6 is 0 Å². The minimum absolute atomic E-state index is 0.131. The quantitative estimate of drug-likeness (QED) is 0.711. The number of likely N-dealkylation sites (tertiary alicyclic amines) is 1. The fourth-order valence-corrected chi connectivity index (χ4v) is 2.49. The van der Waals surface area contributed by atoms with E-state index in [4.69, 9.17) is 15.6 Å². The fourth-order valence-electron chi connectivity index (χ4n) is 2.49. The number of hydrogen-bond donors (Lipinski definition) is 2. The van der Waals surface area contributed by atoms with Crippen molar-refractivity contribution in [1.29, 1.82) is 0 Å². The molecule has 2 fully saturated rings. The molecule has 1 amide bonds. The smallest absolute Gasteiger partial charge is 0.326 e. The van der Waals surface area contributed by atoms with Crippen molar-refractivity contribution in [1.82, 2.24) is 4.90 Å². The van der Waals surface area contributed by atoms with Gasteiger partial charge in [0.2, 0.25) is 5.91 Å². The first-order valence-corrected chi connectivity index (χ1v) is 6.33. The van der Waals surface area contributed by atoms with Gasteiger partial charge in [-0.05, 0) is 18.8 Å². The standard InChI is InChI=1S/C12H20N2O4/c1-18-8-4-10(12(16)17)14(6-8)11(15)5-9(13)7-2-3-7/h7-10H,2-6,13H2,1H3,(H,16,17). The Morgan fingerprint density at radius 1 is 1.50 bits per heavy atom. The zero-order valence-corrected chi connectivity index (χ0v) is 10.5. The first-order valence-electron chi connectivity index (χ1n) is 6.33. The Balaban J connectivity index is 1.95. The number of aliphatic carboxylic acids is 1. The van der Waals surface area contributed by atoms with Crippen LogP contribution < -0.4 is 5.73 Å². The molecule has 6 nitrogen and oxygen atoms in total. The molecular weight excluding hydrogens is 236 g/mol. The second kappa shape index (κ2) is 5.24. The summed E-state index contributed by atoms with van der Waals surface area (Å²) in [5.74, 6) is -0.692. The van der Waals surface area contributed by atoms with Crippen molar-refractivity contribution < 1.29 is 19.4 Å². The molecule has 18 heavy (non-hydrogen) atoms. The maximum atomic E-state index is 12.1. The molecule has 0 bridgehead atoms. The Morgan fingerprint density at radius 3 is 2.67 bits per heavy atom. The number of carbonyl (C=O) groups excluding carboxylic acids is 1. The predicted molar refractivity (Wildman–Crippen MR) is 63.9 cm³/mol. The average molecular weight is 256 g/mol. The highest BCUT2D eigenvalue weighted by atomic mass is 16.5. The molecule has 102 valence electrons. The van der Waals surface area contributed by atoms with Gasteiger partial charge in [0.15, 0.2) is 0 Å². The summed E-state index contributed by atoms with van der Waals surface area (Å²) >= 11 is 0. The number of rotatable bonds is 5. The molecule has 2 rings (SSSR count). The Hall–Kier alpha value is -1.14. The summed E-state index contributed by atoms with van der Waals surface area (Å²) < 4.78 is 5.15. The second-order valence-corrected chi connectivity index (χ2v) is 5.20. The highest BCUT2D eigenvalue weighted by Gasteiger charge is 2.41. The molecule has 0 spiro atoms. The number of hydrogen-bond acceptors (Lipinski definition) is 4. The highest BCUT2D eigenvalue weighted by molar-refractivity contribution is 5.84. The number of amides is 1. The van der Waals surface area contributed by atoms with Gasteiger partial charge in [0.05, 0.1) is 6.10 Å². The molecule has 1 aliphatic carbocycles. The van der Waals surface area contributed by atoms with E-state index in [9.17, 15) is 9.59 Å². The lowest BCUT2D eigenvalue weighted by atomic mass is 10.1. The SMILES string of the molecule is COC1CC(C(=O)O)N(C(=O)CC(N)C2CC2)C1. The molecule has 0 radical (unpaired) electrons. The van der Waals surface area contributed by atoms with Crippen LogP contribution in [0.2, 0.25) is 0 Å². The molecular formula is C12H20N2O4. The van der Waals surface area contributed by atoms with Crippen molar-refractivity contribution in [3.8, 4) is 0 Å². The van der Waals surface area contributed by atoms with E-state index in [-0.39, 0.29) is 24.5 Å². The summed E-state index contributed by atoms with van der Waals surface area (Å²) in [4.78, 5) is 24.6. The zero-order valence-electron chi connectivity index (χ0n) is 10.5. The van der Waals surface area contributed by atoms with Gasteiger partial charge in [-0.25, -0.2) is 4.79 Å². The minimum atomic E-state index is -0.970. The fraction of sp³-hybridized carbons (Fsp3) is 0.833. The van der Waals surface area contributed by atoms with Crippen LogP contribution in [0.4, 0.5) is 0 Å². The van der Waals surface area contributed by atoms with Gasteiger partial charge in [-0.2, -0.15) is 0 Å². The third-order valence-corrected chi connectivity index (χ3v) is 3.84. The lowest BCUT2D eigenvalue weighted by Crippen LogP contribution is -2.43. The molecule has 6 heteroatoms. The van der Waals surface area contributed by atoms with Crippen molar-refractivity contribution in [2.24, 2.45) is 11.7 Å². The van der Waals surface area contributed by atoms with Crippen molar-refractivity contribution in [3.63, 3.8) is 0 Å². The first kappa shape index (κ1) is 13.3. The summed E-state index contributed by atoms with van der Waals surface area (Å²) in [7, 11) is 1.54. The van der Waals surface area contributed by atoms with Crippen molar-refractivity contribution in [3.05, 3.63) is 0 Å². The molecule has 0 aromatic carbocycles. The summed E-state index contributed by atoms with van der Waals surface area (Å²) in [5, 5.41) is 9.12. The predicted octanol–water partition coefficient (Wildman–Crippen LogP) is -0.186. The molecule has 1 saturated heterocycles. The van der Waals surface area contributed by atoms with E-state index in [0.717, 1.165) is 12.8 Å². The maximum Gasteiger partial charge on any atom is 0.326 e. The highest BCUT2D eigenvalue weighted by Crippen LogP contribution is 2.33. The Bertz CT molecular complexity index is 343. The summed E-state index contributed by atoms with van der Waals surface area (Å²) in [6, 6.07) is -0.901. The number of ether oxygens (including phenoxy) is 1. The molecule has 1 aliphatic heterocycles. The van der Waals surface area contributed by atoms with Crippen molar-refractivity contribution >= 4 is 11.9 Å². The lowest BCUT2D eigenvalue weighted by Gasteiger charge is -2.23.